The Morgan fingerprint density at radius 2 is 2.11 bits per heavy atom. The van der Waals surface area contributed by atoms with Crippen molar-refractivity contribution in [3.05, 3.63) is 53.2 Å². The molecule has 0 aliphatic rings. The highest BCUT2D eigenvalue weighted by molar-refractivity contribution is 14.0. The number of carbonyl (C=O) groups is 1. The number of amides is 1. The van der Waals surface area contributed by atoms with E-state index >= 15 is 0 Å². The molecule has 1 amide bonds. The molecule has 1 aromatic heterocycles. The Bertz CT molecular complexity index is 795. The van der Waals surface area contributed by atoms with Crippen LogP contribution in [-0.2, 0) is 13.1 Å². The van der Waals surface area contributed by atoms with E-state index in [1.54, 1.807) is 18.2 Å². The van der Waals surface area contributed by atoms with Gasteiger partial charge in [-0.2, -0.15) is 0 Å². The molecular weight excluding hydrogens is 466 g/mol. The number of rotatable bonds is 7. The van der Waals surface area contributed by atoms with Gasteiger partial charge in [0.05, 0.1) is 7.11 Å². The fraction of sp³-hybridized carbons (Fsp3) is 0.333. The van der Waals surface area contributed by atoms with E-state index in [2.05, 4.69) is 10.3 Å². The van der Waals surface area contributed by atoms with Gasteiger partial charge in [-0.25, -0.2) is 9.38 Å². The number of nitrogens with two attached hydrogens (primary N) is 1. The summed E-state index contributed by atoms with van der Waals surface area (Å²) in [4.78, 5) is 17.4. The van der Waals surface area contributed by atoms with E-state index in [-0.39, 0.29) is 42.0 Å². The van der Waals surface area contributed by atoms with Gasteiger partial charge in [0.25, 0.3) is 5.91 Å². The highest BCUT2D eigenvalue weighted by Crippen LogP contribution is 2.18. The third-order valence-corrected chi connectivity index (χ3v) is 3.62. The molecule has 2 aromatic rings. The molecule has 7 nitrogen and oxygen atoms in total. The molecule has 0 aliphatic carbocycles. The van der Waals surface area contributed by atoms with Crippen LogP contribution in [0.15, 0.2) is 39.7 Å². The van der Waals surface area contributed by atoms with Crippen LogP contribution in [0.1, 0.15) is 28.8 Å². The number of carbonyl (C=O) groups excluding carboxylic acids is 1. The quantitative estimate of drug-likeness (QED) is 0.354. The van der Waals surface area contributed by atoms with Crippen molar-refractivity contribution < 1.29 is 18.3 Å². The van der Waals surface area contributed by atoms with Crippen LogP contribution in [0, 0.1) is 5.82 Å². The zero-order chi connectivity index (χ0) is 19.1. The molecule has 0 spiro atoms. The van der Waals surface area contributed by atoms with Crippen LogP contribution in [0.4, 0.5) is 4.39 Å². The van der Waals surface area contributed by atoms with Crippen molar-refractivity contribution in [2.24, 2.45) is 10.7 Å². The smallest absolute Gasteiger partial charge is 0.284 e. The summed E-state index contributed by atoms with van der Waals surface area (Å²) < 4.78 is 24.1. The second-order valence-electron chi connectivity index (χ2n) is 5.63. The number of halogens is 2. The van der Waals surface area contributed by atoms with Crippen LogP contribution in [0.3, 0.4) is 0 Å². The normalized spacial score (nSPS) is 10.9. The Kier molecular flexibility index (Phi) is 9.06. The summed E-state index contributed by atoms with van der Waals surface area (Å²) in [6, 6.07) is 8.00. The molecule has 1 aromatic carbocycles. The maximum atomic E-state index is 13.8. The predicted octanol–water partition coefficient (Wildman–Crippen LogP) is 2.74. The molecule has 0 bridgehead atoms. The molecule has 0 radical (unpaired) electrons. The van der Waals surface area contributed by atoms with Crippen LogP contribution in [-0.4, -0.2) is 37.5 Å². The summed E-state index contributed by atoms with van der Waals surface area (Å²) in [6.45, 7) is 3.33. The summed E-state index contributed by atoms with van der Waals surface area (Å²) >= 11 is 0. The molecule has 0 saturated heterocycles. The second kappa shape index (κ2) is 10.8. The zero-order valence-corrected chi connectivity index (χ0v) is 17.8. The lowest BCUT2D eigenvalue weighted by Gasteiger charge is -2.22. The Morgan fingerprint density at radius 1 is 1.37 bits per heavy atom. The molecule has 27 heavy (non-hydrogen) atoms. The minimum absolute atomic E-state index is 0. The lowest BCUT2D eigenvalue weighted by atomic mass is 10.2. The summed E-state index contributed by atoms with van der Waals surface area (Å²) in [5.41, 5.74) is 5.95. The van der Waals surface area contributed by atoms with Gasteiger partial charge in [-0.05, 0) is 36.8 Å². The molecule has 0 atom stereocenters. The van der Waals surface area contributed by atoms with Crippen LogP contribution < -0.4 is 15.8 Å². The molecule has 9 heteroatoms. The Morgan fingerprint density at radius 3 is 2.67 bits per heavy atom. The molecule has 0 unspecified atom stereocenters. The second-order valence-corrected chi connectivity index (χ2v) is 5.63. The van der Waals surface area contributed by atoms with Crippen molar-refractivity contribution in [2.75, 3.05) is 20.7 Å². The van der Waals surface area contributed by atoms with Gasteiger partial charge in [-0.1, -0.05) is 6.07 Å². The van der Waals surface area contributed by atoms with Gasteiger partial charge in [0.15, 0.2) is 23.3 Å². The first kappa shape index (κ1) is 22.7. The van der Waals surface area contributed by atoms with Gasteiger partial charge < -0.3 is 25.1 Å². The molecule has 148 valence electrons. The lowest BCUT2D eigenvalue weighted by Crippen LogP contribution is -2.38. The predicted molar refractivity (Wildman–Crippen MR) is 112 cm³/mol. The first-order valence-electron chi connectivity index (χ1n) is 8.15. The van der Waals surface area contributed by atoms with Crippen molar-refractivity contribution in [3.8, 4) is 5.75 Å². The van der Waals surface area contributed by atoms with Gasteiger partial charge in [0.1, 0.15) is 12.3 Å². The number of nitrogens with zero attached hydrogens (tertiary/aromatic N) is 2. The largest absolute Gasteiger partial charge is 0.494 e. The fourth-order valence-corrected chi connectivity index (χ4v) is 2.37. The van der Waals surface area contributed by atoms with E-state index in [0.717, 1.165) is 5.56 Å². The fourth-order valence-electron chi connectivity index (χ4n) is 2.37. The first-order valence-corrected chi connectivity index (χ1v) is 8.15. The summed E-state index contributed by atoms with van der Waals surface area (Å²) in [5.74, 6) is 0.432. The van der Waals surface area contributed by atoms with E-state index in [1.807, 2.05) is 18.9 Å². The summed E-state index contributed by atoms with van der Waals surface area (Å²) in [6.07, 6.45) is 0. The third kappa shape index (κ3) is 6.42. The van der Waals surface area contributed by atoms with Crippen LogP contribution in [0.2, 0.25) is 0 Å². The van der Waals surface area contributed by atoms with E-state index in [1.165, 1.54) is 19.2 Å². The van der Waals surface area contributed by atoms with Crippen molar-refractivity contribution in [1.82, 2.24) is 10.2 Å². The molecule has 0 saturated carbocycles. The number of methoxy groups -OCH3 is 1. The monoisotopic (exact) mass is 490 g/mol. The third-order valence-electron chi connectivity index (χ3n) is 3.62. The van der Waals surface area contributed by atoms with Gasteiger partial charge >= 0.3 is 0 Å². The number of primary amides is 1. The average Bonchev–Trinajstić information content (AvgIpc) is 3.08. The molecule has 0 aliphatic heterocycles. The number of hydrogen-bond donors (Lipinski definition) is 2. The maximum Gasteiger partial charge on any atom is 0.284 e. The summed E-state index contributed by atoms with van der Waals surface area (Å²) in [7, 11) is 3.28. The SMILES string of the molecule is CCNC(=NCc1ccc(C(N)=O)o1)N(C)Cc1ccc(OC)c(F)c1.I. The number of guanidine groups is 1. The van der Waals surface area contributed by atoms with Gasteiger partial charge in [-0.15, -0.1) is 24.0 Å². The first-order chi connectivity index (χ1) is 12.4. The van der Waals surface area contributed by atoms with Crippen molar-refractivity contribution in [1.29, 1.82) is 0 Å². The van der Waals surface area contributed by atoms with Gasteiger partial charge in [-0.3, -0.25) is 4.79 Å². The average molecular weight is 490 g/mol. The Labute approximate surface area is 174 Å². The molecule has 2 rings (SSSR count). The van der Waals surface area contributed by atoms with Crippen molar-refractivity contribution in [2.45, 2.75) is 20.0 Å². The molecule has 3 N–H and O–H groups in total. The highest BCUT2D eigenvalue weighted by atomic mass is 127. The van der Waals surface area contributed by atoms with E-state index in [0.29, 0.717) is 24.8 Å². The highest BCUT2D eigenvalue weighted by Gasteiger charge is 2.11. The summed E-state index contributed by atoms with van der Waals surface area (Å²) in [5, 5.41) is 3.16. The molecular formula is C18H24FIN4O3. The van der Waals surface area contributed by atoms with E-state index in [9.17, 15) is 9.18 Å². The Hall–Kier alpha value is -2.30. The van der Waals surface area contributed by atoms with Crippen LogP contribution in [0.5, 0.6) is 5.75 Å². The lowest BCUT2D eigenvalue weighted by molar-refractivity contribution is 0.0972. The van der Waals surface area contributed by atoms with Crippen LogP contribution in [0.25, 0.3) is 0 Å². The minimum atomic E-state index is -0.620. The molecule has 1 heterocycles. The van der Waals surface area contributed by atoms with Crippen molar-refractivity contribution >= 4 is 35.8 Å². The standard InChI is InChI=1S/C18H23FN4O3.HI/c1-4-21-18(22-10-13-6-8-16(26-13)17(20)24)23(2)11-12-5-7-15(25-3)14(19)9-12;/h5-9H,4,10-11H2,1-3H3,(H2,20,24)(H,21,22);1H. The van der Waals surface area contributed by atoms with Crippen molar-refractivity contribution in [3.63, 3.8) is 0 Å². The number of furan rings is 1. The van der Waals surface area contributed by atoms with Gasteiger partial charge in [0, 0.05) is 20.1 Å². The van der Waals surface area contributed by atoms with Crippen LogP contribution >= 0.6 is 24.0 Å². The maximum absolute atomic E-state index is 13.8. The van der Waals surface area contributed by atoms with E-state index < -0.39 is 11.7 Å². The Balaban J connectivity index is 0.00000364. The molecule has 0 fully saturated rings. The number of hydrogen-bond acceptors (Lipinski definition) is 4. The number of nitrogens with one attached hydrogen (secondary N) is 1. The zero-order valence-electron chi connectivity index (χ0n) is 15.5. The topological polar surface area (TPSA) is 93.1 Å². The van der Waals surface area contributed by atoms with Gasteiger partial charge in [0.2, 0.25) is 0 Å². The number of ether oxygens (including phenoxy) is 1. The minimum Gasteiger partial charge on any atom is -0.494 e. The number of benzene rings is 1. The number of aliphatic imine (C=N–C) groups is 1. The van der Waals surface area contributed by atoms with E-state index in [4.69, 9.17) is 14.9 Å².